The average Bonchev–Trinajstić information content (AvgIpc) is 3.09. The second-order valence-corrected chi connectivity index (χ2v) is 4.67. The molecule has 0 spiro atoms. The predicted molar refractivity (Wildman–Crippen MR) is 68.7 cm³/mol. The lowest BCUT2D eigenvalue weighted by Gasteiger charge is -2.10. The number of hydrogen-bond donors (Lipinski definition) is 2. The summed E-state index contributed by atoms with van der Waals surface area (Å²) in [6.45, 7) is 0. The van der Waals surface area contributed by atoms with Gasteiger partial charge in [0.25, 0.3) is 0 Å². The Kier molecular flexibility index (Phi) is 2.16. The van der Waals surface area contributed by atoms with Crippen molar-refractivity contribution in [1.82, 2.24) is 0 Å². The summed E-state index contributed by atoms with van der Waals surface area (Å²) in [7, 11) is 0. The van der Waals surface area contributed by atoms with Crippen molar-refractivity contribution in [3.05, 3.63) is 42.5 Å². The first kappa shape index (κ1) is 10.3. The van der Waals surface area contributed by atoms with E-state index in [1.165, 1.54) is 5.39 Å². The van der Waals surface area contributed by atoms with Crippen LogP contribution in [0.15, 0.2) is 42.5 Å². The lowest BCUT2D eigenvalue weighted by molar-refractivity contribution is -0.118. The van der Waals surface area contributed by atoms with Crippen molar-refractivity contribution >= 4 is 22.4 Å². The van der Waals surface area contributed by atoms with Crippen LogP contribution in [0.1, 0.15) is 12.8 Å². The summed E-state index contributed by atoms with van der Waals surface area (Å²) in [5.41, 5.74) is 6.03. The van der Waals surface area contributed by atoms with Gasteiger partial charge in [0.05, 0.1) is 5.54 Å². The van der Waals surface area contributed by atoms with Crippen molar-refractivity contribution in [1.29, 1.82) is 0 Å². The summed E-state index contributed by atoms with van der Waals surface area (Å²) in [5.74, 6) is -0.0761. The van der Waals surface area contributed by atoms with Crippen LogP contribution in [-0.2, 0) is 4.79 Å². The van der Waals surface area contributed by atoms with Crippen LogP contribution >= 0.6 is 0 Å². The van der Waals surface area contributed by atoms with Crippen molar-refractivity contribution in [3.8, 4) is 0 Å². The first-order valence-corrected chi connectivity index (χ1v) is 5.77. The number of nitrogens with two attached hydrogens (primary N) is 1. The van der Waals surface area contributed by atoms with Gasteiger partial charge in [-0.2, -0.15) is 0 Å². The van der Waals surface area contributed by atoms with Gasteiger partial charge in [0.15, 0.2) is 0 Å². The normalized spacial score (nSPS) is 16.8. The van der Waals surface area contributed by atoms with E-state index in [9.17, 15) is 4.79 Å². The number of hydrogen-bond acceptors (Lipinski definition) is 2. The third-order valence-electron chi connectivity index (χ3n) is 3.25. The molecule has 3 heteroatoms. The second kappa shape index (κ2) is 3.57. The smallest absolute Gasteiger partial charge is 0.244 e. The number of anilines is 1. The molecule has 0 saturated heterocycles. The molecule has 1 aliphatic carbocycles. The molecule has 0 aliphatic heterocycles. The Balaban J connectivity index is 1.88. The highest BCUT2D eigenvalue weighted by Crippen LogP contribution is 2.33. The van der Waals surface area contributed by atoms with E-state index < -0.39 is 5.54 Å². The van der Waals surface area contributed by atoms with Crippen LogP contribution in [0.3, 0.4) is 0 Å². The van der Waals surface area contributed by atoms with Crippen molar-refractivity contribution in [3.63, 3.8) is 0 Å². The molecule has 17 heavy (non-hydrogen) atoms. The number of benzene rings is 2. The summed E-state index contributed by atoms with van der Waals surface area (Å²) in [6.07, 6.45) is 1.57. The number of carbonyl (C=O) groups is 1. The Morgan fingerprint density at radius 3 is 2.53 bits per heavy atom. The fourth-order valence-electron chi connectivity index (χ4n) is 1.88. The molecule has 86 valence electrons. The Morgan fingerprint density at radius 2 is 1.82 bits per heavy atom. The monoisotopic (exact) mass is 226 g/mol. The molecule has 0 aromatic heterocycles. The van der Waals surface area contributed by atoms with Crippen LogP contribution in [0.4, 0.5) is 5.69 Å². The molecule has 3 N–H and O–H groups in total. The molecule has 0 bridgehead atoms. The second-order valence-electron chi connectivity index (χ2n) is 4.67. The Labute approximate surface area is 99.6 Å². The highest BCUT2D eigenvalue weighted by molar-refractivity contribution is 6.01. The van der Waals surface area contributed by atoms with Gasteiger partial charge in [0.1, 0.15) is 0 Å². The molecule has 2 aromatic carbocycles. The topological polar surface area (TPSA) is 55.1 Å². The van der Waals surface area contributed by atoms with Crippen LogP contribution in [-0.4, -0.2) is 11.4 Å². The molecule has 0 atom stereocenters. The molecule has 0 unspecified atom stereocenters. The van der Waals surface area contributed by atoms with Crippen molar-refractivity contribution in [2.24, 2.45) is 5.73 Å². The first-order chi connectivity index (χ1) is 8.17. The fourth-order valence-corrected chi connectivity index (χ4v) is 1.88. The number of amides is 1. The van der Waals surface area contributed by atoms with Gasteiger partial charge in [-0.1, -0.05) is 30.3 Å². The number of fused-ring (bicyclic) bond motifs is 1. The zero-order valence-corrected chi connectivity index (χ0v) is 9.44. The fraction of sp³-hybridized carbons (Fsp3) is 0.214. The third-order valence-corrected chi connectivity index (χ3v) is 3.25. The molecular weight excluding hydrogens is 212 g/mol. The maximum atomic E-state index is 11.8. The quantitative estimate of drug-likeness (QED) is 0.825. The standard InChI is InChI=1S/C14H14N2O/c15-14(7-8-14)13(17)16-12-6-5-10-3-1-2-4-11(10)9-12/h1-6,9H,7-8,15H2,(H,16,17). The van der Waals surface area contributed by atoms with Gasteiger partial charge in [-0.25, -0.2) is 0 Å². The van der Waals surface area contributed by atoms with Gasteiger partial charge >= 0.3 is 0 Å². The molecule has 3 rings (SSSR count). The SMILES string of the molecule is NC1(C(=O)Nc2ccc3ccccc3c2)CC1. The van der Waals surface area contributed by atoms with E-state index in [1.807, 2.05) is 42.5 Å². The number of nitrogens with one attached hydrogen (secondary N) is 1. The third kappa shape index (κ3) is 1.89. The number of carbonyl (C=O) groups excluding carboxylic acids is 1. The van der Waals surface area contributed by atoms with Gasteiger partial charge in [-0.3, -0.25) is 4.79 Å². The lowest BCUT2D eigenvalue weighted by atomic mass is 10.1. The van der Waals surface area contributed by atoms with E-state index in [-0.39, 0.29) is 5.91 Å². The minimum absolute atomic E-state index is 0.0761. The summed E-state index contributed by atoms with van der Waals surface area (Å²) >= 11 is 0. The van der Waals surface area contributed by atoms with Gasteiger partial charge in [0.2, 0.25) is 5.91 Å². The lowest BCUT2D eigenvalue weighted by Crippen LogP contribution is -2.37. The summed E-state index contributed by atoms with van der Waals surface area (Å²) < 4.78 is 0. The van der Waals surface area contributed by atoms with Crippen molar-refractivity contribution in [2.45, 2.75) is 18.4 Å². The van der Waals surface area contributed by atoms with Crippen LogP contribution in [0.5, 0.6) is 0 Å². The average molecular weight is 226 g/mol. The molecule has 1 amide bonds. The molecule has 3 nitrogen and oxygen atoms in total. The van der Waals surface area contributed by atoms with Gasteiger partial charge in [-0.05, 0) is 35.7 Å². The van der Waals surface area contributed by atoms with Gasteiger partial charge in [0, 0.05) is 5.69 Å². The largest absolute Gasteiger partial charge is 0.324 e. The minimum Gasteiger partial charge on any atom is -0.324 e. The molecule has 1 aliphatic rings. The van der Waals surface area contributed by atoms with Gasteiger partial charge in [-0.15, -0.1) is 0 Å². The Bertz CT molecular complexity index is 588. The highest BCUT2D eigenvalue weighted by Gasteiger charge is 2.45. The maximum Gasteiger partial charge on any atom is 0.244 e. The van der Waals surface area contributed by atoms with E-state index in [0.29, 0.717) is 0 Å². The van der Waals surface area contributed by atoms with Crippen molar-refractivity contribution < 1.29 is 4.79 Å². The Hall–Kier alpha value is -1.87. The molecule has 0 heterocycles. The molecule has 0 radical (unpaired) electrons. The zero-order valence-electron chi connectivity index (χ0n) is 9.44. The van der Waals surface area contributed by atoms with E-state index in [0.717, 1.165) is 23.9 Å². The maximum absolute atomic E-state index is 11.8. The van der Waals surface area contributed by atoms with Crippen LogP contribution in [0.25, 0.3) is 10.8 Å². The molecule has 1 saturated carbocycles. The molecular formula is C14H14N2O. The number of rotatable bonds is 2. The first-order valence-electron chi connectivity index (χ1n) is 5.77. The van der Waals surface area contributed by atoms with E-state index in [4.69, 9.17) is 5.73 Å². The Morgan fingerprint density at radius 1 is 1.12 bits per heavy atom. The van der Waals surface area contributed by atoms with Gasteiger partial charge < -0.3 is 11.1 Å². The van der Waals surface area contributed by atoms with Crippen LogP contribution < -0.4 is 11.1 Å². The van der Waals surface area contributed by atoms with E-state index >= 15 is 0 Å². The molecule has 2 aromatic rings. The molecule has 1 fully saturated rings. The van der Waals surface area contributed by atoms with Crippen LogP contribution in [0, 0.1) is 0 Å². The summed E-state index contributed by atoms with van der Waals surface area (Å²) in [6, 6.07) is 13.9. The van der Waals surface area contributed by atoms with Crippen molar-refractivity contribution in [2.75, 3.05) is 5.32 Å². The van der Waals surface area contributed by atoms with E-state index in [2.05, 4.69) is 5.32 Å². The minimum atomic E-state index is -0.619. The predicted octanol–water partition coefficient (Wildman–Crippen LogP) is 2.27. The summed E-state index contributed by atoms with van der Waals surface area (Å²) in [5, 5.41) is 5.16. The van der Waals surface area contributed by atoms with E-state index in [1.54, 1.807) is 0 Å². The zero-order chi connectivity index (χ0) is 11.9. The highest BCUT2D eigenvalue weighted by atomic mass is 16.2. The van der Waals surface area contributed by atoms with Crippen LogP contribution in [0.2, 0.25) is 0 Å². The summed E-state index contributed by atoms with van der Waals surface area (Å²) in [4.78, 5) is 11.8.